The lowest BCUT2D eigenvalue weighted by atomic mass is 10.6. The first-order chi connectivity index (χ1) is 12.0. The number of thioether (sulfide) groups is 2. The molecule has 0 aromatic heterocycles. The van der Waals surface area contributed by atoms with Crippen LogP contribution in [0.2, 0.25) is 0 Å². The Hall–Kier alpha value is 0.460. The van der Waals surface area contributed by atoms with E-state index in [-0.39, 0.29) is 0 Å². The lowest BCUT2D eigenvalue weighted by Gasteiger charge is -2.09. The summed E-state index contributed by atoms with van der Waals surface area (Å²) in [7, 11) is 0. The summed E-state index contributed by atoms with van der Waals surface area (Å²) >= 11 is 3.87. The van der Waals surface area contributed by atoms with Gasteiger partial charge in [-0.05, 0) is 0 Å². The summed E-state index contributed by atoms with van der Waals surface area (Å²) in [6, 6.07) is 0. The predicted molar refractivity (Wildman–Crippen MR) is 104 cm³/mol. The van der Waals surface area contributed by atoms with E-state index in [0.717, 1.165) is 75.6 Å². The van der Waals surface area contributed by atoms with Crippen LogP contribution in [0.1, 0.15) is 0 Å². The van der Waals surface area contributed by atoms with Crippen LogP contribution in [0.3, 0.4) is 0 Å². The highest BCUT2D eigenvalue weighted by atomic mass is 32.2. The smallest absolute Gasteiger partial charge is 0.0701 e. The molecule has 0 unspecified atom stereocenters. The second-order valence-corrected chi connectivity index (χ2v) is 7.62. The Morgan fingerprint density at radius 2 is 0.833 bits per heavy atom. The van der Waals surface area contributed by atoms with Crippen LogP contribution in [-0.2, 0) is 18.9 Å². The molecular weight excluding hydrogens is 348 g/mol. The first kappa shape index (κ1) is 22.5. The first-order valence-electron chi connectivity index (χ1n) is 8.88. The molecule has 2 N–H and O–H groups in total. The highest BCUT2D eigenvalue weighted by molar-refractivity contribution is 7.99. The third-order valence-corrected chi connectivity index (χ3v) is 5.08. The van der Waals surface area contributed by atoms with E-state index in [1.165, 1.54) is 0 Å². The van der Waals surface area contributed by atoms with Crippen molar-refractivity contribution in [1.82, 2.24) is 10.6 Å². The zero-order valence-electron chi connectivity index (χ0n) is 14.8. The molecule has 24 heavy (non-hydrogen) atoms. The van der Waals surface area contributed by atoms with Gasteiger partial charge in [-0.3, -0.25) is 0 Å². The predicted octanol–water partition coefficient (Wildman–Crippen LogP) is 0.712. The Morgan fingerprint density at radius 3 is 1.33 bits per heavy atom. The van der Waals surface area contributed by atoms with Crippen molar-refractivity contribution in [2.45, 2.75) is 0 Å². The summed E-state index contributed by atoms with van der Waals surface area (Å²) in [6.07, 6.45) is 0. The first-order valence-corrected chi connectivity index (χ1v) is 11.2. The molecule has 1 rings (SSSR count). The van der Waals surface area contributed by atoms with E-state index in [2.05, 4.69) is 10.6 Å². The van der Waals surface area contributed by atoms with Crippen LogP contribution < -0.4 is 10.6 Å². The van der Waals surface area contributed by atoms with Crippen molar-refractivity contribution in [3.8, 4) is 0 Å². The molecule has 0 amide bonds. The summed E-state index contributed by atoms with van der Waals surface area (Å²) in [5.74, 6) is 4.38. The zero-order valence-corrected chi connectivity index (χ0v) is 16.4. The number of hydrogen-bond donors (Lipinski definition) is 2. The molecule has 6 nitrogen and oxygen atoms in total. The highest BCUT2D eigenvalue weighted by Gasteiger charge is 1.95. The average Bonchev–Trinajstić information content (AvgIpc) is 2.59. The molecule has 0 radical (unpaired) electrons. The molecule has 0 aliphatic carbocycles. The van der Waals surface area contributed by atoms with Gasteiger partial charge in [0, 0.05) is 49.2 Å². The fourth-order valence-corrected chi connectivity index (χ4v) is 3.37. The van der Waals surface area contributed by atoms with E-state index in [1.807, 2.05) is 23.5 Å². The van der Waals surface area contributed by atoms with Crippen LogP contribution in [0.5, 0.6) is 0 Å². The molecule has 0 atom stereocenters. The van der Waals surface area contributed by atoms with Gasteiger partial charge in [0.1, 0.15) is 0 Å². The van der Waals surface area contributed by atoms with Crippen LogP contribution in [0, 0.1) is 0 Å². The van der Waals surface area contributed by atoms with E-state index in [4.69, 9.17) is 18.9 Å². The molecule has 0 bridgehead atoms. The molecule has 8 heteroatoms. The highest BCUT2D eigenvalue weighted by Crippen LogP contribution is 2.00. The Labute approximate surface area is 155 Å². The van der Waals surface area contributed by atoms with Gasteiger partial charge in [-0.1, -0.05) is 0 Å². The third kappa shape index (κ3) is 17.3. The summed E-state index contributed by atoms with van der Waals surface area (Å²) in [5, 5.41) is 6.76. The molecule has 0 aromatic carbocycles. The number of nitrogens with one attached hydrogen (secondary N) is 2. The summed E-state index contributed by atoms with van der Waals surface area (Å²) in [4.78, 5) is 0. The maximum Gasteiger partial charge on any atom is 0.0701 e. The summed E-state index contributed by atoms with van der Waals surface area (Å²) < 4.78 is 22.1. The maximum absolute atomic E-state index is 5.64. The van der Waals surface area contributed by atoms with Gasteiger partial charge < -0.3 is 29.6 Å². The van der Waals surface area contributed by atoms with Crippen molar-refractivity contribution >= 4 is 23.5 Å². The van der Waals surface area contributed by atoms with Crippen molar-refractivity contribution in [1.29, 1.82) is 0 Å². The van der Waals surface area contributed by atoms with Gasteiger partial charge in [-0.25, -0.2) is 0 Å². The van der Waals surface area contributed by atoms with Crippen molar-refractivity contribution in [3.63, 3.8) is 0 Å². The van der Waals surface area contributed by atoms with Crippen molar-refractivity contribution in [2.75, 3.05) is 102 Å². The van der Waals surface area contributed by atoms with E-state index in [9.17, 15) is 0 Å². The normalized spacial score (nSPS) is 24.0. The fourth-order valence-electron chi connectivity index (χ4n) is 1.91. The van der Waals surface area contributed by atoms with Crippen LogP contribution in [0.15, 0.2) is 0 Å². The molecule has 1 aliphatic rings. The molecule has 144 valence electrons. The minimum absolute atomic E-state index is 0.634. The minimum Gasteiger partial charge on any atom is -0.380 e. The van der Waals surface area contributed by atoms with Crippen LogP contribution in [-0.4, -0.2) is 102 Å². The quantitative estimate of drug-likeness (QED) is 0.635. The lowest BCUT2D eigenvalue weighted by molar-refractivity contribution is 0.0158. The Balaban J connectivity index is 2.00. The van der Waals surface area contributed by atoms with Gasteiger partial charge in [-0.15, -0.1) is 0 Å². The molecule has 0 aromatic rings. The number of hydrogen-bond acceptors (Lipinski definition) is 8. The molecule has 1 aliphatic heterocycles. The maximum atomic E-state index is 5.64. The van der Waals surface area contributed by atoms with Gasteiger partial charge >= 0.3 is 0 Å². The van der Waals surface area contributed by atoms with Gasteiger partial charge in [-0.2, -0.15) is 23.5 Å². The van der Waals surface area contributed by atoms with Gasteiger partial charge in [0.15, 0.2) is 0 Å². The van der Waals surface area contributed by atoms with Crippen molar-refractivity contribution in [3.05, 3.63) is 0 Å². The summed E-state index contributed by atoms with van der Waals surface area (Å²) in [6.45, 7) is 9.55. The van der Waals surface area contributed by atoms with Gasteiger partial charge in [0.05, 0.1) is 52.9 Å². The molecule has 0 spiro atoms. The monoisotopic (exact) mass is 382 g/mol. The molecule has 1 heterocycles. The van der Waals surface area contributed by atoms with E-state index < -0.39 is 0 Å². The average molecular weight is 383 g/mol. The topological polar surface area (TPSA) is 61.0 Å². The SMILES string of the molecule is C1COCCOCCOCCNCCSCCOCCSCCN1. The summed E-state index contributed by atoms with van der Waals surface area (Å²) in [5.41, 5.74) is 0. The number of rotatable bonds is 0. The van der Waals surface area contributed by atoms with Crippen LogP contribution >= 0.6 is 23.5 Å². The molecular formula is C16H34N2O4S2. The van der Waals surface area contributed by atoms with Gasteiger partial charge in [0.25, 0.3) is 0 Å². The zero-order chi connectivity index (χ0) is 17.0. The molecule has 1 fully saturated rings. The molecule has 1 saturated heterocycles. The Morgan fingerprint density at radius 1 is 0.417 bits per heavy atom. The van der Waals surface area contributed by atoms with Crippen molar-refractivity contribution < 1.29 is 18.9 Å². The molecule has 0 saturated carbocycles. The second-order valence-electron chi connectivity index (χ2n) is 5.17. The standard InChI is InChI=1S/C16H34N2O4S2/c1-5-19-7-9-21-10-8-20-6-2-18-4-14-24-16-12-22-11-15-23-13-3-17-1/h17-18H,1-16H2. The van der Waals surface area contributed by atoms with E-state index in [1.54, 1.807) is 0 Å². The minimum atomic E-state index is 0.634. The lowest BCUT2D eigenvalue weighted by Crippen LogP contribution is -2.24. The Kier molecular flexibility index (Phi) is 18.5. The largest absolute Gasteiger partial charge is 0.380 e. The van der Waals surface area contributed by atoms with E-state index in [0.29, 0.717) is 26.4 Å². The third-order valence-electron chi connectivity index (χ3n) is 3.18. The Bertz CT molecular complexity index is 144. The second kappa shape index (κ2) is 19.8. The fraction of sp³-hybridized carbons (Fsp3) is 1.00. The van der Waals surface area contributed by atoms with Gasteiger partial charge in [0.2, 0.25) is 0 Å². The van der Waals surface area contributed by atoms with E-state index >= 15 is 0 Å². The van der Waals surface area contributed by atoms with Crippen LogP contribution in [0.4, 0.5) is 0 Å². The van der Waals surface area contributed by atoms with Crippen molar-refractivity contribution in [2.24, 2.45) is 0 Å². The van der Waals surface area contributed by atoms with Crippen LogP contribution in [0.25, 0.3) is 0 Å². The number of ether oxygens (including phenoxy) is 4.